The lowest BCUT2D eigenvalue weighted by Crippen LogP contribution is -2.24. The Morgan fingerprint density at radius 1 is 1.24 bits per heavy atom. The summed E-state index contributed by atoms with van der Waals surface area (Å²) in [6.07, 6.45) is 3.52. The molecule has 1 N–H and O–H groups in total. The Hall–Kier alpha value is -2.80. The number of carbonyl (C=O) groups excluding carboxylic acids is 1. The molecule has 1 amide bonds. The lowest BCUT2D eigenvalue weighted by Gasteiger charge is -2.07. The van der Waals surface area contributed by atoms with Gasteiger partial charge in [0.15, 0.2) is 6.73 Å². The molecule has 0 saturated carbocycles. The zero-order valence-corrected chi connectivity index (χ0v) is 14.7. The molecule has 0 aliphatic heterocycles. The van der Waals surface area contributed by atoms with Gasteiger partial charge >= 0.3 is 0 Å². The smallest absolute Gasteiger partial charge is 0.272 e. The van der Waals surface area contributed by atoms with Gasteiger partial charge in [0.1, 0.15) is 11.4 Å². The molecule has 0 unspecified atom stereocenters. The van der Waals surface area contributed by atoms with Crippen LogP contribution in [0.1, 0.15) is 21.7 Å². The van der Waals surface area contributed by atoms with Crippen LogP contribution in [0.3, 0.4) is 0 Å². The Kier molecular flexibility index (Phi) is 5.04. The Morgan fingerprint density at radius 2 is 2.08 bits per heavy atom. The Labute approximate surface area is 150 Å². The van der Waals surface area contributed by atoms with Gasteiger partial charge in [-0.3, -0.25) is 9.48 Å². The summed E-state index contributed by atoms with van der Waals surface area (Å²) in [5.41, 5.74) is 2.05. The fraction of sp³-hybridized carbons (Fsp3) is 0.235. The van der Waals surface area contributed by atoms with E-state index in [2.05, 4.69) is 15.5 Å². The van der Waals surface area contributed by atoms with Crippen LogP contribution in [0.4, 0.5) is 0 Å². The van der Waals surface area contributed by atoms with Crippen molar-refractivity contribution in [2.24, 2.45) is 7.05 Å². The van der Waals surface area contributed by atoms with E-state index in [4.69, 9.17) is 16.3 Å². The Bertz CT molecular complexity index is 887. The van der Waals surface area contributed by atoms with E-state index in [1.807, 2.05) is 32.3 Å². The normalized spacial score (nSPS) is 10.7. The van der Waals surface area contributed by atoms with E-state index >= 15 is 0 Å². The fourth-order valence-corrected chi connectivity index (χ4v) is 2.34. The maximum Gasteiger partial charge on any atom is 0.272 e. The van der Waals surface area contributed by atoms with Crippen molar-refractivity contribution in [3.8, 4) is 5.75 Å². The second-order valence-corrected chi connectivity index (χ2v) is 6.00. The van der Waals surface area contributed by atoms with E-state index in [-0.39, 0.29) is 12.6 Å². The third-order valence-electron chi connectivity index (χ3n) is 3.57. The highest BCUT2D eigenvalue weighted by Gasteiger charge is 2.10. The van der Waals surface area contributed by atoms with Crippen LogP contribution in [0.2, 0.25) is 5.02 Å². The van der Waals surface area contributed by atoms with E-state index in [0.29, 0.717) is 23.0 Å². The van der Waals surface area contributed by atoms with Gasteiger partial charge < -0.3 is 10.1 Å². The lowest BCUT2D eigenvalue weighted by atomic mass is 10.2. The van der Waals surface area contributed by atoms with Crippen LogP contribution in [0.25, 0.3) is 0 Å². The largest absolute Gasteiger partial charge is 0.471 e. The molecule has 0 fully saturated rings. The highest BCUT2D eigenvalue weighted by atomic mass is 35.5. The molecule has 25 heavy (non-hydrogen) atoms. The van der Waals surface area contributed by atoms with E-state index in [9.17, 15) is 4.79 Å². The second kappa shape index (κ2) is 7.40. The maximum atomic E-state index is 12.1. The van der Waals surface area contributed by atoms with E-state index in [1.165, 1.54) is 0 Å². The van der Waals surface area contributed by atoms with Gasteiger partial charge in [-0.2, -0.15) is 10.2 Å². The molecule has 0 radical (unpaired) electrons. The minimum absolute atomic E-state index is 0.203. The summed E-state index contributed by atoms with van der Waals surface area (Å²) < 4.78 is 8.89. The lowest BCUT2D eigenvalue weighted by molar-refractivity contribution is 0.0943. The molecule has 0 bridgehead atoms. The van der Waals surface area contributed by atoms with Crippen molar-refractivity contribution >= 4 is 17.5 Å². The predicted octanol–water partition coefficient (Wildman–Crippen LogP) is 2.54. The van der Waals surface area contributed by atoms with Crippen molar-refractivity contribution < 1.29 is 9.53 Å². The van der Waals surface area contributed by atoms with Gasteiger partial charge in [-0.05, 0) is 42.8 Å². The van der Waals surface area contributed by atoms with Crippen molar-refractivity contribution in [3.63, 3.8) is 0 Å². The molecule has 0 saturated heterocycles. The number of aromatic nitrogens is 4. The molecular formula is C17H18ClN5O2. The zero-order valence-electron chi connectivity index (χ0n) is 13.9. The number of benzene rings is 1. The molecule has 3 aromatic rings. The summed E-state index contributed by atoms with van der Waals surface area (Å²) >= 11 is 5.99. The van der Waals surface area contributed by atoms with Crippen molar-refractivity contribution in [1.29, 1.82) is 0 Å². The van der Waals surface area contributed by atoms with Crippen LogP contribution < -0.4 is 10.1 Å². The predicted molar refractivity (Wildman–Crippen MR) is 93.4 cm³/mol. The van der Waals surface area contributed by atoms with Crippen molar-refractivity contribution in [2.75, 3.05) is 0 Å². The highest BCUT2D eigenvalue weighted by molar-refractivity contribution is 6.31. The van der Waals surface area contributed by atoms with Crippen molar-refractivity contribution in [2.45, 2.75) is 20.2 Å². The first-order chi connectivity index (χ1) is 12.0. The molecule has 130 valence electrons. The van der Waals surface area contributed by atoms with Crippen molar-refractivity contribution in [1.82, 2.24) is 24.9 Å². The summed E-state index contributed by atoms with van der Waals surface area (Å²) in [4.78, 5) is 12.1. The summed E-state index contributed by atoms with van der Waals surface area (Å²) in [7, 11) is 1.83. The zero-order chi connectivity index (χ0) is 17.8. The van der Waals surface area contributed by atoms with Crippen LogP contribution in [0.5, 0.6) is 5.75 Å². The van der Waals surface area contributed by atoms with Crippen LogP contribution in [-0.2, 0) is 20.3 Å². The summed E-state index contributed by atoms with van der Waals surface area (Å²) in [5, 5.41) is 11.9. The highest BCUT2D eigenvalue weighted by Crippen LogP contribution is 2.21. The monoisotopic (exact) mass is 359 g/mol. The quantitative estimate of drug-likeness (QED) is 0.734. The number of aryl methyl sites for hydroxylation is 2. The fourth-order valence-electron chi connectivity index (χ4n) is 2.22. The number of halogens is 1. The SMILES string of the molecule is Cc1cc(OCn2ccc(C(=O)NCc3ccn(C)n3)n2)ccc1Cl. The van der Waals surface area contributed by atoms with Gasteiger partial charge in [0.2, 0.25) is 0 Å². The number of rotatable bonds is 6. The topological polar surface area (TPSA) is 74.0 Å². The van der Waals surface area contributed by atoms with Gasteiger partial charge in [-0.25, -0.2) is 4.68 Å². The third kappa shape index (κ3) is 4.39. The molecule has 2 heterocycles. The first-order valence-electron chi connectivity index (χ1n) is 7.70. The molecule has 8 heteroatoms. The van der Waals surface area contributed by atoms with E-state index in [0.717, 1.165) is 11.3 Å². The van der Waals surface area contributed by atoms with Crippen LogP contribution in [-0.4, -0.2) is 25.5 Å². The van der Waals surface area contributed by atoms with Gasteiger partial charge in [0, 0.05) is 24.5 Å². The Balaban J connectivity index is 1.54. The third-order valence-corrected chi connectivity index (χ3v) is 3.99. The number of hydrogen-bond donors (Lipinski definition) is 1. The molecule has 3 rings (SSSR count). The van der Waals surface area contributed by atoms with Crippen LogP contribution in [0.15, 0.2) is 42.7 Å². The van der Waals surface area contributed by atoms with Crippen LogP contribution in [0, 0.1) is 6.92 Å². The van der Waals surface area contributed by atoms with E-state index in [1.54, 1.807) is 33.8 Å². The van der Waals surface area contributed by atoms with Crippen LogP contribution >= 0.6 is 11.6 Å². The number of nitrogens with one attached hydrogen (secondary N) is 1. The first kappa shape index (κ1) is 17.0. The van der Waals surface area contributed by atoms with Gasteiger partial charge in [-0.15, -0.1) is 0 Å². The molecule has 1 aromatic carbocycles. The molecular weight excluding hydrogens is 342 g/mol. The minimum Gasteiger partial charge on any atom is -0.471 e. The number of ether oxygens (including phenoxy) is 1. The van der Waals surface area contributed by atoms with E-state index < -0.39 is 0 Å². The molecule has 2 aromatic heterocycles. The van der Waals surface area contributed by atoms with Gasteiger partial charge in [0.25, 0.3) is 5.91 Å². The minimum atomic E-state index is -0.258. The van der Waals surface area contributed by atoms with Crippen molar-refractivity contribution in [3.05, 3.63) is 64.7 Å². The molecule has 0 atom stereocenters. The average molecular weight is 360 g/mol. The molecule has 7 nitrogen and oxygen atoms in total. The molecule has 0 aliphatic carbocycles. The number of nitrogens with zero attached hydrogens (tertiary/aromatic N) is 4. The summed E-state index contributed by atoms with van der Waals surface area (Å²) in [6, 6.07) is 8.92. The molecule has 0 spiro atoms. The maximum absolute atomic E-state index is 12.1. The summed E-state index contributed by atoms with van der Waals surface area (Å²) in [5.74, 6) is 0.435. The van der Waals surface area contributed by atoms with Gasteiger partial charge in [0.05, 0.1) is 12.2 Å². The second-order valence-electron chi connectivity index (χ2n) is 5.59. The Morgan fingerprint density at radius 3 is 2.80 bits per heavy atom. The standard InChI is InChI=1S/C17H18ClN5O2/c1-12-9-14(3-4-15(12)18)25-11-23-8-6-16(21-23)17(24)19-10-13-5-7-22(2)20-13/h3-9H,10-11H2,1-2H3,(H,19,24). The number of amides is 1. The number of hydrogen-bond acceptors (Lipinski definition) is 4. The average Bonchev–Trinajstić information content (AvgIpc) is 3.23. The molecule has 0 aliphatic rings. The first-order valence-corrected chi connectivity index (χ1v) is 8.08. The van der Waals surface area contributed by atoms with Gasteiger partial charge in [-0.1, -0.05) is 11.6 Å². The number of carbonyl (C=O) groups is 1. The summed E-state index contributed by atoms with van der Waals surface area (Å²) in [6.45, 7) is 2.47.